The van der Waals surface area contributed by atoms with Gasteiger partial charge in [-0.1, -0.05) is 50.5 Å². The van der Waals surface area contributed by atoms with Gasteiger partial charge in [-0.15, -0.1) is 0 Å². The zero-order chi connectivity index (χ0) is 20.5. The van der Waals surface area contributed by atoms with E-state index >= 15 is 0 Å². The van der Waals surface area contributed by atoms with Crippen LogP contribution in [-0.2, 0) is 4.84 Å². The van der Waals surface area contributed by atoms with Gasteiger partial charge in [0.05, 0.1) is 12.2 Å². The predicted octanol–water partition coefficient (Wildman–Crippen LogP) is 7.08. The predicted molar refractivity (Wildman–Crippen MR) is 123 cm³/mol. The Kier molecular flexibility index (Phi) is 4.44. The normalized spacial score (nSPS) is 45.1. The summed E-state index contributed by atoms with van der Waals surface area (Å²) in [5.41, 5.74) is 5.15. The fourth-order valence-electron chi connectivity index (χ4n) is 8.85. The lowest BCUT2D eigenvalue weighted by Crippen LogP contribution is -2.52. The Morgan fingerprint density at radius 3 is 2.60 bits per heavy atom. The van der Waals surface area contributed by atoms with Crippen molar-refractivity contribution in [2.75, 3.05) is 11.6 Å². The molecule has 2 nitrogen and oxygen atoms in total. The summed E-state index contributed by atoms with van der Waals surface area (Å²) >= 11 is 0. The number of fused-ring (bicyclic) bond motifs is 7. The Bertz CT molecular complexity index is 843. The summed E-state index contributed by atoms with van der Waals surface area (Å²) in [5, 5.41) is 2.14. The molecule has 4 saturated carbocycles. The summed E-state index contributed by atoms with van der Waals surface area (Å²) in [4.78, 5) is 6.67. The van der Waals surface area contributed by atoms with Crippen molar-refractivity contribution >= 4 is 5.69 Å². The molecule has 162 valence electrons. The number of hydroxylamine groups is 1. The summed E-state index contributed by atoms with van der Waals surface area (Å²) in [7, 11) is 0. The molecule has 5 aliphatic rings. The molecule has 0 N–H and O–H groups in total. The second-order valence-electron chi connectivity index (χ2n) is 11.7. The van der Waals surface area contributed by atoms with Gasteiger partial charge >= 0.3 is 0 Å². The summed E-state index contributed by atoms with van der Waals surface area (Å²) in [6.07, 6.45) is 15.8. The third kappa shape index (κ3) is 2.71. The van der Waals surface area contributed by atoms with Crippen LogP contribution >= 0.6 is 0 Å². The van der Waals surface area contributed by atoms with Crippen LogP contribution in [0.5, 0.6) is 0 Å². The van der Waals surface area contributed by atoms with Crippen LogP contribution in [0.2, 0.25) is 0 Å². The van der Waals surface area contributed by atoms with Crippen LogP contribution in [0.25, 0.3) is 0 Å². The average Bonchev–Trinajstić information content (AvgIpc) is 3.06. The number of hydrogen-bond donors (Lipinski definition) is 0. The van der Waals surface area contributed by atoms with E-state index in [-0.39, 0.29) is 0 Å². The van der Waals surface area contributed by atoms with Crippen molar-refractivity contribution in [2.45, 2.75) is 84.7 Å². The number of hydrogen-bond acceptors (Lipinski definition) is 2. The highest BCUT2D eigenvalue weighted by atomic mass is 16.7. The van der Waals surface area contributed by atoms with Gasteiger partial charge in [0.1, 0.15) is 6.10 Å². The Balaban J connectivity index is 1.27. The molecule has 30 heavy (non-hydrogen) atoms. The van der Waals surface area contributed by atoms with Gasteiger partial charge in [-0.3, -0.25) is 4.84 Å². The number of benzene rings is 1. The number of anilines is 1. The molecule has 1 heterocycles. The van der Waals surface area contributed by atoms with Crippen LogP contribution in [-0.4, -0.2) is 12.6 Å². The molecule has 6 rings (SSSR count). The van der Waals surface area contributed by atoms with Gasteiger partial charge in [0, 0.05) is 0 Å². The van der Waals surface area contributed by atoms with Crippen LogP contribution < -0.4 is 5.06 Å². The van der Waals surface area contributed by atoms with E-state index in [4.69, 9.17) is 4.84 Å². The molecular weight excluding hydrogens is 366 g/mol. The third-order valence-electron chi connectivity index (χ3n) is 10.5. The molecule has 4 fully saturated rings. The first-order chi connectivity index (χ1) is 14.5. The fourth-order valence-corrected chi connectivity index (χ4v) is 8.85. The maximum atomic E-state index is 6.67. The quantitative estimate of drug-likeness (QED) is 0.463. The average molecular weight is 406 g/mol. The number of aryl methyl sites for hydroxylation is 1. The van der Waals surface area contributed by atoms with E-state index in [1.807, 2.05) is 0 Å². The molecule has 1 aromatic rings. The summed E-state index contributed by atoms with van der Waals surface area (Å²) < 4.78 is 0. The Morgan fingerprint density at radius 1 is 0.933 bits per heavy atom. The topological polar surface area (TPSA) is 12.5 Å². The number of nitrogens with zero attached hydrogens (tertiary/aromatic N) is 1. The maximum Gasteiger partial charge on any atom is 0.108 e. The van der Waals surface area contributed by atoms with Crippen molar-refractivity contribution in [3.05, 3.63) is 41.5 Å². The monoisotopic (exact) mass is 405 g/mol. The minimum absolute atomic E-state index is 0.297. The van der Waals surface area contributed by atoms with Gasteiger partial charge in [0.15, 0.2) is 0 Å². The first-order valence-electron chi connectivity index (χ1n) is 12.7. The van der Waals surface area contributed by atoms with E-state index in [9.17, 15) is 0 Å². The lowest BCUT2D eigenvalue weighted by molar-refractivity contribution is -0.0981. The van der Waals surface area contributed by atoms with Gasteiger partial charge in [-0.25, -0.2) is 5.06 Å². The zero-order valence-electron chi connectivity index (χ0n) is 19.2. The Morgan fingerprint density at radius 2 is 1.77 bits per heavy atom. The second-order valence-corrected chi connectivity index (χ2v) is 11.7. The molecule has 0 amide bonds. The molecule has 1 aromatic carbocycles. The van der Waals surface area contributed by atoms with Crippen LogP contribution in [0.1, 0.15) is 77.2 Å². The van der Waals surface area contributed by atoms with Gasteiger partial charge < -0.3 is 0 Å². The first-order valence-corrected chi connectivity index (χ1v) is 12.7. The molecule has 0 radical (unpaired) electrons. The number of rotatable bonds is 1. The van der Waals surface area contributed by atoms with Crippen molar-refractivity contribution < 1.29 is 4.84 Å². The van der Waals surface area contributed by atoms with E-state index in [2.05, 4.69) is 56.2 Å². The lowest BCUT2D eigenvalue weighted by Gasteiger charge is -2.60. The molecule has 0 aromatic heterocycles. The molecule has 0 bridgehead atoms. The van der Waals surface area contributed by atoms with Crippen LogP contribution in [0.4, 0.5) is 5.69 Å². The minimum Gasteiger partial charge on any atom is -0.265 e. The zero-order valence-corrected chi connectivity index (χ0v) is 19.2. The first kappa shape index (κ1) is 19.4. The summed E-state index contributed by atoms with van der Waals surface area (Å²) in [6, 6.07) is 8.81. The van der Waals surface area contributed by atoms with E-state index in [0.717, 1.165) is 30.2 Å². The van der Waals surface area contributed by atoms with Crippen LogP contribution in [0, 0.1) is 41.4 Å². The van der Waals surface area contributed by atoms with Gasteiger partial charge in [-0.2, -0.15) is 0 Å². The van der Waals surface area contributed by atoms with Gasteiger partial charge in [0.25, 0.3) is 0 Å². The highest BCUT2D eigenvalue weighted by Gasteiger charge is 2.61. The molecule has 0 saturated heterocycles. The van der Waals surface area contributed by atoms with Crippen LogP contribution in [0.15, 0.2) is 35.9 Å². The van der Waals surface area contributed by atoms with E-state index in [0.29, 0.717) is 16.9 Å². The molecule has 1 unspecified atom stereocenters. The van der Waals surface area contributed by atoms with E-state index in [1.165, 1.54) is 69.0 Å². The van der Waals surface area contributed by atoms with Crippen molar-refractivity contribution in [1.29, 1.82) is 0 Å². The van der Waals surface area contributed by atoms with E-state index < -0.39 is 0 Å². The smallest absolute Gasteiger partial charge is 0.108 e. The van der Waals surface area contributed by atoms with Crippen molar-refractivity contribution in [1.82, 2.24) is 0 Å². The molecular formula is C28H39NO. The summed E-state index contributed by atoms with van der Waals surface area (Å²) in [6.45, 7) is 8.33. The van der Waals surface area contributed by atoms with Crippen molar-refractivity contribution in [2.24, 2.45) is 34.5 Å². The van der Waals surface area contributed by atoms with Crippen molar-refractivity contribution in [3.8, 4) is 0 Å². The molecule has 2 heteroatoms. The lowest BCUT2D eigenvalue weighted by atomic mass is 9.45. The highest BCUT2D eigenvalue weighted by molar-refractivity contribution is 5.47. The van der Waals surface area contributed by atoms with Gasteiger partial charge in [0.2, 0.25) is 0 Å². The third-order valence-corrected chi connectivity index (χ3v) is 10.5. The maximum absolute atomic E-state index is 6.67. The Hall–Kier alpha value is -1.28. The molecule has 7 atom stereocenters. The highest BCUT2D eigenvalue weighted by Crippen LogP contribution is 2.67. The van der Waals surface area contributed by atoms with E-state index in [1.54, 1.807) is 5.57 Å². The standard InChI is InChI=1S/C28H39NO/c1-19-7-10-21(11-8-19)29-17-14-24-26(30-29)18-25-22-12-9-20-6-4-5-15-27(20,2)23(22)13-16-28(24,25)3/h7-8,10-11,14,20,22-23,25-26H,4-6,9,12-13,15-18H2,1-3H3/t20?,22-,23+,25+,26-,27+,28-/m1/s1. The molecule has 1 aliphatic heterocycles. The SMILES string of the molecule is Cc1ccc(N2CC=C3[C@@H](C[C@H]4[C@@H]5CCC6CCCC[C@]6(C)[C@H]5CC[C@]34C)O2)cc1. The molecule has 4 aliphatic carbocycles. The largest absolute Gasteiger partial charge is 0.265 e. The van der Waals surface area contributed by atoms with Crippen molar-refractivity contribution in [3.63, 3.8) is 0 Å². The van der Waals surface area contributed by atoms with Crippen LogP contribution in [0.3, 0.4) is 0 Å². The second kappa shape index (κ2) is 6.86. The van der Waals surface area contributed by atoms with Gasteiger partial charge in [-0.05, 0) is 104 Å². The minimum atomic E-state index is 0.297. The molecule has 0 spiro atoms. The summed E-state index contributed by atoms with van der Waals surface area (Å²) in [5.74, 6) is 3.72. The fraction of sp³-hybridized carbons (Fsp3) is 0.714. The Labute approximate surface area is 183 Å².